The first kappa shape index (κ1) is 13.8. The third-order valence-electron chi connectivity index (χ3n) is 4.46. The van der Waals surface area contributed by atoms with E-state index in [0.717, 1.165) is 35.2 Å². The van der Waals surface area contributed by atoms with E-state index >= 15 is 0 Å². The van der Waals surface area contributed by atoms with Crippen molar-refractivity contribution in [2.24, 2.45) is 0 Å². The highest BCUT2D eigenvalue weighted by Crippen LogP contribution is 2.38. The number of hydrogen-bond acceptors (Lipinski definition) is 4. The van der Waals surface area contributed by atoms with Crippen LogP contribution >= 0.6 is 22.6 Å². The number of piperidine rings is 1. The summed E-state index contributed by atoms with van der Waals surface area (Å²) in [6, 6.07) is 4.59. The minimum absolute atomic E-state index is 0.163. The molecule has 1 N–H and O–H groups in total. The predicted octanol–water partition coefficient (Wildman–Crippen LogP) is 2.19. The van der Waals surface area contributed by atoms with Crippen molar-refractivity contribution in [3.05, 3.63) is 15.8 Å². The summed E-state index contributed by atoms with van der Waals surface area (Å²) in [6.07, 6.45) is 2.96. The molecule has 0 aliphatic carbocycles. The summed E-state index contributed by atoms with van der Waals surface area (Å²) in [7, 11) is 2.03. The van der Waals surface area contributed by atoms with Gasteiger partial charge in [0.2, 0.25) is 0 Å². The van der Waals surface area contributed by atoms with Crippen LogP contribution in [0.2, 0.25) is 0 Å². The zero-order valence-electron chi connectivity index (χ0n) is 11.2. The molecule has 1 aromatic heterocycles. The first-order chi connectivity index (χ1) is 9.56. The monoisotopic (exact) mass is 388 g/mol. The molecule has 0 aromatic carbocycles. The minimum atomic E-state index is -0.771. The number of halogens is 1. The van der Waals surface area contributed by atoms with Crippen molar-refractivity contribution in [2.45, 2.75) is 43.8 Å². The molecule has 1 amide bonds. The number of carboxylic acid groups (broad SMARTS) is 1. The van der Waals surface area contributed by atoms with Crippen molar-refractivity contribution in [1.82, 2.24) is 15.1 Å². The third kappa shape index (κ3) is 2.43. The Morgan fingerprint density at radius 3 is 2.50 bits per heavy atom. The number of hydrogen-bond donors (Lipinski definition) is 1. The Morgan fingerprint density at radius 1 is 1.35 bits per heavy atom. The first-order valence-corrected chi connectivity index (χ1v) is 7.87. The fraction of sp³-hybridized carbons (Fsp3) is 0.615. The standard InChI is InChI=1S/C13H17IN4O2/c1-17(12-5-4-11(14)15-16-12)10-6-8-2-3-9(7-10)18(8)13(19)20/h4-5,8-10H,2-3,6-7H2,1H3,(H,19,20)/t8-,9+,10+. The summed E-state index contributed by atoms with van der Waals surface area (Å²) in [6.45, 7) is 0. The second-order valence-corrected chi connectivity index (χ2v) is 6.63. The quantitative estimate of drug-likeness (QED) is 0.787. The third-order valence-corrected chi connectivity index (χ3v) is 5.03. The summed E-state index contributed by atoms with van der Waals surface area (Å²) in [5.74, 6) is 0.860. The van der Waals surface area contributed by atoms with Crippen LogP contribution in [0.4, 0.5) is 10.6 Å². The van der Waals surface area contributed by atoms with Gasteiger partial charge in [-0.2, -0.15) is 0 Å². The second-order valence-electron chi connectivity index (χ2n) is 5.53. The molecule has 20 heavy (non-hydrogen) atoms. The molecular formula is C13H17IN4O2. The maximum Gasteiger partial charge on any atom is 0.407 e. The Balaban J connectivity index is 1.74. The van der Waals surface area contributed by atoms with Crippen LogP contribution in [0.25, 0.3) is 0 Å². The van der Waals surface area contributed by atoms with Gasteiger partial charge < -0.3 is 14.9 Å². The summed E-state index contributed by atoms with van der Waals surface area (Å²) >= 11 is 2.14. The van der Waals surface area contributed by atoms with Gasteiger partial charge >= 0.3 is 6.09 Å². The van der Waals surface area contributed by atoms with Crippen molar-refractivity contribution >= 4 is 34.5 Å². The Morgan fingerprint density at radius 2 is 2.00 bits per heavy atom. The van der Waals surface area contributed by atoms with Gasteiger partial charge in [0.1, 0.15) is 3.70 Å². The van der Waals surface area contributed by atoms with E-state index in [9.17, 15) is 9.90 Å². The normalized spacial score (nSPS) is 28.5. The minimum Gasteiger partial charge on any atom is -0.465 e. The van der Waals surface area contributed by atoms with E-state index in [1.807, 2.05) is 19.2 Å². The van der Waals surface area contributed by atoms with E-state index in [1.54, 1.807) is 4.90 Å². The lowest BCUT2D eigenvalue weighted by atomic mass is 9.96. The maximum absolute atomic E-state index is 11.3. The molecule has 0 spiro atoms. The first-order valence-electron chi connectivity index (χ1n) is 6.79. The van der Waals surface area contributed by atoms with Crippen molar-refractivity contribution in [1.29, 1.82) is 0 Å². The molecule has 2 bridgehead atoms. The number of amides is 1. The number of anilines is 1. The fourth-order valence-corrected chi connectivity index (χ4v) is 3.75. The lowest BCUT2D eigenvalue weighted by Gasteiger charge is -2.41. The van der Waals surface area contributed by atoms with Gasteiger partial charge in [-0.05, 0) is 60.4 Å². The van der Waals surface area contributed by atoms with Crippen LogP contribution in [0.3, 0.4) is 0 Å². The molecule has 3 rings (SSSR count). The molecule has 2 saturated heterocycles. The van der Waals surface area contributed by atoms with E-state index in [-0.39, 0.29) is 12.1 Å². The Labute approximate surface area is 131 Å². The summed E-state index contributed by atoms with van der Waals surface area (Å²) in [5, 5.41) is 17.6. The van der Waals surface area contributed by atoms with Crippen LogP contribution in [0.15, 0.2) is 12.1 Å². The average Bonchev–Trinajstić information content (AvgIpc) is 2.70. The Kier molecular flexibility index (Phi) is 3.70. The van der Waals surface area contributed by atoms with E-state index in [4.69, 9.17) is 0 Å². The molecule has 2 fully saturated rings. The summed E-state index contributed by atoms with van der Waals surface area (Å²) in [5.41, 5.74) is 0. The summed E-state index contributed by atoms with van der Waals surface area (Å²) < 4.78 is 0.875. The number of carbonyl (C=O) groups is 1. The highest BCUT2D eigenvalue weighted by Gasteiger charge is 2.44. The molecule has 7 heteroatoms. The van der Waals surface area contributed by atoms with Crippen molar-refractivity contribution in [2.75, 3.05) is 11.9 Å². The molecule has 3 heterocycles. The zero-order chi connectivity index (χ0) is 14.3. The lowest BCUT2D eigenvalue weighted by molar-refractivity contribution is 0.0965. The number of rotatable bonds is 2. The molecule has 2 aliphatic heterocycles. The van der Waals surface area contributed by atoms with Gasteiger partial charge in [-0.25, -0.2) is 4.79 Å². The van der Waals surface area contributed by atoms with Gasteiger partial charge in [-0.15, -0.1) is 10.2 Å². The average molecular weight is 388 g/mol. The van der Waals surface area contributed by atoms with Crippen LogP contribution in [0, 0.1) is 3.70 Å². The summed E-state index contributed by atoms with van der Waals surface area (Å²) in [4.78, 5) is 15.1. The predicted molar refractivity (Wildman–Crippen MR) is 82.8 cm³/mol. The van der Waals surface area contributed by atoms with Gasteiger partial charge in [0.05, 0.1) is 0 Å². The molecule has 6 nitrogen and oxygen atoms in total. The molecule has 1 aromatic rings. The fourth-order valence-electron chi connectivity index (χ4n) is 3.46. The van der Waals surface area contributed by atoms with E-state index in [0.29, 0.717) is 6.04 Å². The second kappa shape index (κ2) is 5.34. The maximum atomic E-state index is 11.3. The molecule has 0 saturated carbocycles. The zero-order valence-corrected chi connectivity index (χ0v) is 13.4. The Bertz CT molecular complexity index is 496. The van der Waals surface area contributed by atoms with E-state index < -0.39 is 6.09 Å². The van der Waals surface area contributed by atoms with Gasteiger partial charge in [-0.1, -0.05) is 0 Å². The molecule has 0 unspecified atom stereocenters. The molecule has 0 radical (unpaired) electrons. The molecule has 108 valence electrons. The van der Waals surface area contributed by atoms with Crippen LogP contribution in [-0.4, -0.2) is 51.5 Å². The number of nitrogens with zero attached hydrogens (tertiary/aromatic N) is 4. The van der Waals surface area contributed by atoms with Gasteiger partial charge in [0.25, 0.3) is 0 Å². The Hall–Kier alpha value is -1.12. The largest absolute Gasteiger partial charge is 0.465 e. The SMILES string of the molecule is CN(c1ccc(I)nn1)[C@H]1C[C@H]2CC[C@@H](C1)N2C(=O)O. The van der Waals surface area contributed by atoms with Crippen molar-refractivity contribution in [3.8, 4) is 0 Å². The number of fused-ring (bicyclic) bond motifs is 2. The van der Waals surface area contributed by atoms with Gasteiger partial charge in [0.15, 0.2) is 5.82 Å². The highest BCUT2D eigenvalue weighted by molar-refractivity contribution is 14.1. The highest BCUT2D eigenvalue weighted by atomic mass is 127. The number of aromatic nitrogens is 2. The van der Waals surface area contributed by atoms with Gasteiger partial charge in [0, 0.05) is 25.2 Å². The molecule has 3 atom stereocenters. The van der Waals surface area contributed by atoms with Crippen LogP contribution in [-0.2, 0) is 0 Å². The molecule has 2 aliphatic rings. The van der Waals surface area contributed by atoms with Crippen molar-refractivity contribution in [3.63, 3.8) is 0 Å². The van der Waals surface area contributed by atoms with Gasteiger partial charge in [-0.3, -0.25) is 0 Å². The topological polar surface area (TPSA) is 69.6 Å². The smallest absolute Gasteiger partial charge is 0.407 e. The molecular weight excluding hydrogens is 371 g/mol. The van der Waals surface area contributed by atoms with Crippen molar-refractivity contribution < 1.29 is 9.90 Å². The van der Waals surface area contributed by atoms with Crippen LogP contribution < -0.4 is 4.90 Å². The van der Waals surface area contributed by atoms with E-state index in [1.165, 1.54) is 0 Å². The van der Waals surface area contributed by atoms with Crippen LogP contribution in [0.1, 0.15) is 25.7 Å². The van der Waals surface area contributed by atoms with E-state index in [2.05, 4.69) is 37.7 Å². The lowest BCUT2D eigenvalue weighted by Crippen LogP contribution is -2.51. The van der Waals surface area contributed by atoms with Crippen LogP contribution in [0.5, 0.6) is 0 Å².